The summed E-state index contributed by atoms with van der Waals surface area (Å²) in [5.41, 5.74) is 0.205. The number of aromatic nitrogens is 1. The summed E-state index contributed by atoms with van der Waals surface area (Å²) < 4.78 is 26.5. The number of pyridine rings is 1. The van der Waals surface area contributed by atoms with Crippen molar-refractivity contribution in [2.75, 3.05) is 19.6 Å². The first kappa shape index (κ1) is 13.9. The zero-order valence-electron chi connectivity index (χ0n) is 10.5. The maximum absolute atomic E-state index is 12.0. The van der Waals surface area contributed by atoms with E-state index in [1.165, 1.54) is 18.3 Å². The minimum absolute atomic E-state index is 0.0936. The van der Waals surface area contributed by atoms with Crippen LogP contribution in [0.15, 0.2) is 23.2 Å². The molecular formula is C12H16N4O2S. The Morgan fingerprint density at radius 2 is 2.37 bits per heavy atom. The van der Waals surface area contributed by atoms with E-state index >= 15 is 0 Å². The van der Waals surface area contributed by atoms with Crippen LogP contribution in [0.2, 0.25) is 0 Å². The van der Waals surface area contributed by atoms with Crippen LogP contribution in [0.4, 0.5) is 0 Å². The molecule has 1 unspecified atom stereocenters. The van der Waals surface area contributed by atoms with Gasteiger partial charge in [-0.05, 0) is 44.0 Å². The standard InChI is InChI=1S/C12H16N4O2S/c13-7-11-1-2-12(9-15-11)19(17,18)16-6-4-10-3-5-14-8-10/h1-2,9-10,14,16H,3-6,8H2. The van der Waals surface area contributed by atoms with E-state index in [1.54, 1.807) is 0 Å². The molecule has 0 saturated carbocycles. The second-order valence-corrected chi connectivity index (χ2v) is 6.30. The first-order valence-electron chi connectivity index (χ1n) is 6.18. The van der Waals surface area contributed by atoms with E-state index in [2.05, 4.69) is 15.0 Å². The Balaban J connectivity index is 1.91. The number of nitrogens with one attached hydrogen (secondary N) is 2. The molecule has 6 nitrogen and oxygen atoms in total. The third-order valence-electron chi connectivity index (χ3n) is 3.17. The summed E-state index contributed by atoms with van der Waals surface area (Å²) in [6, 6.07) is 4.64. The quantitative estimate of drug-likeness (QED) is 0.805. The lowest BCUT2D eigenvalue weighted by Gasteiger charge is -2.09. The summed E-state index contributed by atoms with van der Waals surface area (Å²) in [6.07, 6.45) is 3.13. The van der Waals surface area contributed by atoms with Gasteiger partial charge in [-0.25, -0.2) is 18.1 Å². The fourth-order valence-electron chi connectivity index (χ4n) is 2.05. The van der Waals surface area contributed by atoms with Gasteiger partial charge in [0.25, 0.3) is 0 Å². The minimum atomic E-state index is -3.52. The molecule has 0 spiro atoms. The maximum atomic E-state index is 12.0. The van der Waals surface area contributed by atoms with Gasteiger partial charge >= 0.3 is 0 Å². The third-order valence-corrected chi connectivity index (χ3v) is 4.61. The van der Waals surface area contributed by atoms with Gasteiger partial charge in [-0.3, -0.25) is 0 Å². The third kappa shape index (κ3) is 3.73. The van der Waals surface area contributed by atoms with Crippen molar-refractivity contribution in [3.8, 4) is 6.07 Å². The maximum Gasteiger partial charge on any atom is 0.242 e. The number of hydrogen-bond acceptors (Lipinski definition) is 5. The summed E-state index contributed by atoms with van der Waals surface area (Å²) >= 11 is 0. The normalized spacial score (nSPS) is 19.2. The van der Waals surface area contributed by atoms with Crippen molar-refractivity contribution in [2.45, 2.75) is 17.7 Å². The lowest BCUT2D eigenvalue weighted by Crippen LogP contribution is -2.26. The first-order valence-corrected chi connectivity index (χ1v) is 7.66. The predicted molar refractivity (Wildman–Crippen MR) is 69.7 cm³/mol. The van der Waals surface area contributed by atoms with Crippen molar-refractivity contribution in [1.29, 1.82) is 5.26 Å². The Hall–Kier alpha value is -1.49. The van der Waals surface area contributed by atoms with E-state index in [0.717, 1.165) is 25.9 Å². The molecule has 0 aromatic carbocycles. The molecule has 102 valence electrons. The van der Waals surface area contributed by atoms with Crippen LogP contribution < -0.4 is 10.0 Å². The lowest BCUT2D eigenvalue weighted by molar-refractivity contribution is 0.519. The van der Waals surface area contributed by atoms with Gasteiger partial charge in [0.15, 0.2) is 0 Å². The van der Waals surface area contributed by atoms with Crippen molar-refractivity contribution in [1.82, 2.24) is 15.0 Å². The molecule has 0 amide bonds. The van der Waals surface area contributed by atoms with E-state index in [4.69, 9.17) is 5.26 Å². The van der Waals surface area contributed by atoms with E-state index in [-0.39, 0.29) is 10.6 Å². The summed E-state index contributed by atoms with van der Waals surface area (Å²) in [4.78, 5) is 3.85. The molecule has 0 radical (unpaired) electrons. The van der Waals surface area contributed by atoms with Crippen LogP contribution in [-0.2, 0) is 10.0 Å². The monoisotopic (exact) mass is 280 g/mol. The fraction of sp³-hybridized carbons (Fsp3) is 0.500. The fourth-order valence-corrected chi connectivity index (χ4v) is 3.04. The zero-order chi connectivity index (χ0) is 13.7. The van der Waals surface area contributed by atoms with Gasteiger partial charge in [0.05, 0.1) is 0 Å². The highest BCUT2D eigenvalue weighted by molar-refractivity contribution is 7.89. The molecule has 1 atom stereocenters. The molecule has 1 aromatic rings. The van der Waals surface area contributed by atoms with Crippen LogP contribution >= 0.6 is 0 Å². The summed E-state index contributed by atoms with van der Waals surface area (Å²) in [6.45, 7) is 2.39. The molecule has 19 heavy (non-hydrogen) atoms. The molecule has 7 heteroatoms. The van der Waals surface area contributed by atoms with Crippen LogP contribution in [-0.4, -0.2) is 33.0 Å². The van der Waals surface area contributed by atoms with E-state index in [9.17, 15) is 8.42 Å². The van der Waals surface area contributed by atoms with E-state index < -0.39 is 10.0 Å². The van der Waals surface area contributed by atoms with Crippen LogP contribution in [0.1, 0.15) is 18.5 Å². The van der Waals surface area contributed by atoms with Crippen LogP contribution in [0.3, 0.4) is 0 Å². The van der Waals surface area contributed by atoms with Crippen LogP contribution in [0.25, 0.3) is 0 Å². The zero-order valence-corrected chi connectivity index (χ0v) is 11.3. The minimum Gasteiger partial charge on any atom is -0.316 e. The van der Waals surface area contributed by atoms with Gasteiger partial charge in [-0.15, -0.1) is 0 Å². The SMILES string of the molecule is N#Cc1ccc(S(=O)(=O)NCCC2CCNC2)cn1. The Morgan fingerprint density at radius 3 is 2.95 bits per heavy atom. The largest absolute Gasteiger partial charge is 0.316 e. The van der Waals surface area contributed by atoms with E-state index in [1.807, 2.05) is 6.07 Å². The molecule has 0 bridgehead atoms. The number of hydrogen-bond donors (Lipinski definition) is 2. The molecule has 2 heterocycles. The molecule has 1 aliphatic heterocycles. The Labute approximate surface area is 112 Å². The highest BCUT2D eigenvalue weighted by Gasteiger charge is 2.17. The highest BCUT2D eigenvalue weighted by Crippen LogP contribution is 2.12. The first-order chi connectivity index (χ1) is 9.12. The molecule has 1 saturated heterocycles. The van der Waals surface area contributed by atoms with Gasteiger partial charge < -0.3 is 5.32 Å². The van der Waals surface area contributed by atoms with Gasteiger partial charge in [-0.2, -0.15) is 5.26 Å². The Kier molecular flexibility index (Phi) is 4.47. The molecule has 1 aliphatic rings. The van der Waals surface area contributed by atoms with Crippen molar-refractivity contribution >= 4 is 10.0 Å². The molecule has 1 fully saturated rings. The van der Waals surface area contributed by atoms with Crippen LogP contribution in [0.5, 0.6) is 0 Å². The van der Waals surface area contributed by atoms with Crippen molar-refractivity contribution in [3.05, 3.63) is 24.0 Å². The molecule has 1 aromatic heterocycles. The van der Waals surface area contributed by atoms with Gasteiger partial charge in [0.1, 0.15) is 16.7 Å². The average molecular weight is 280 g/mol. The van der Waals surface area contributed by atoms with Crippen molar-refractivity contribution in [3.63, 3.8) is 0 Å². The van der Waals surface area contributed by atoms with Gasteiger partial charge in [0.2, 0.25) is 10.0 Å². The highest BCUT2D eigenvalue weighted by atomic mass is 32.2. The number of nitrogens with zero attached hydrogens (tertiary/aromatic N) is 2. The second kappa shape index (κ2) is 6.10. The number of nitriles is 1. The van der Waals surface area contributed by atoms with Crippen molar-refractivity contribution < 1.29 is 8.42 Å². The number of rotatable bonds is 5. The smallest absolute Gasteiger partial charge is 0.242 e. The lowest BCUT2D eigenvalue weighted by atomic mass is 10.1. The predicted octanol–water partition coefficient (Wildman–Crippen LogP) is 0.231. The molecule has 2 rings (SSSR count). The molecular weight excluding hydrogens is 264 g/mol. The Morgan fingerprint density at radius 1 is 1.53 bits per heavy atom. The van der Waals surface area contributed by atoms with Gasteiger partial charge in [-0.1, -0.05) is 0 Å². The Bertz CT molecular complexity index is 556. The summed E-state index contributed by atoms with van der Waals surface area (Å²) in [5.74, 6) is 0.543. The summed E-state index contributed by atoms with van der Waals surface area (Å²) in [7, 11) is -3.52. The van der Waals surface area contributed by atoms with Crippen LogP contribution in [0, 0.1) is 17.2 Å². The van der Waals surface area contributed by atoms with Crippen molar-refractivity contribution in [2.24, 2.45) is 5.92 Å². The van der Waals surface area contributed by atoms with E-state index in [0.29, 0.717) is 12.5 Å². The second-order valence-electron chi connectivity index (χ2n) is 4.54. The topological polar surface area (TPSA) is 94.9 Å². The average Bonchev–Trinajstić information content (AvgIpc) is 2.92. The molecule has 2 N–H and O–H groups in total. The number of sulfonamides is 1. The molecule has 0 aliphatic carbocycles. The summed E-state index contributed by atoms with van der Waals surface area (Å²) in [5, 5.41) is 11.9. The van der Waals surface area contributed by atoms with Gasteiger partial charge in [0, 0.05) is 12.7 Å².